The van der Waals surface area contributed by atoms with Crippen LogP contribution in [0.3, 0.4) is 0 Å². The van der Waals surface area contributed by atoms with E-state index in [4.69, 9.17) is 0 Å². The molecule has 0 aromatic heterocycles. The van der Waals surface area contributed by atoms with E-state index in [9.17, 15) is 14.0 Å². The van der Waals surface area contributed by atoms with E-state index in [-0.39, 0.29) is 29.1 Å². The largest absolute Gasteiger partial charge is 0.354 e. The number of nitrogens with one attached hydrogen (secondary N) is 1. The number of amides is 2. The quantitative estimate of drug-likeness (QED) is 0.831. The molecule has 0 radical (unpaired) electrons. The molecule has 0 spiro atoms. The summed E-state index contributed by atoms with van der Waals surface area (Å²) in [5.41, 5.74) is 0.692. The van der Waals surface area contributed by atoms with Gasteiger partial charge in [0.2, 0.25) is 11.8 Å². The summed E-state index contributed by atoms with van der Waals surface area (Å²) in [7, 11) is 0. The van der Waals surface area contributed by atoms with Crippen molar-refractivity contribution >= 4 is 11.8 Å². The van der Waals surface area contributed by atoms with Crippen LogP contribution in [0.25, 0.3) is 0 Å². The van der Waals surface area contributed by atoms with Crippen LogP contribution in [0.1, 0.15) is 45.1 Å². The Bertz CT molecular complexity index is 686. The number of benzene rings is 1. The highest BCUT2D eigenvalue weighted by molar-refractivity contribution is 5.83. The van der Waals surface area contributed by atoms with Crippen molar-refractivity contribution in [2.45, 2.75) is 51.6 Å². The average Bonchev–Trinajstić information content (AvgIpc) is 3.17. The van der Waals surface area contributed by atoms with Crippen LogP contribution < -0.4 is 5.32 Å². The number of nitrogens with zero attached hydrogens (tertiary/aromatic N) is 2. The minimum atomic E-state index is -0.310. The van der Waals surface area contributed by atoms with Gasteiger partial charge >= 0.3 is 0 Å². The summed E-state index contributed by atoms with van der Waals surface area (Å²) in [5.74, 6) is -0.472. The SMILES string of the molecule is CC(C)(CNC(=O)[C@H]1CCC(=O)N(Cc2cccc(F)c2)C1)N1CCCC1. The molecule has 0 aliphatic carbocycles. The summed E-state index contributed by atoms with van der Waals surface area (Å²) in [6.45, 7) is 7.86. The molecule has 3 rings (SSSR count). The number of carbonyl (C=O) groups is 2. The van der Waals surface area contributed by atoms with E-state index in [0.29, 0.717) is 32.5 Å². The van der Waals surface area contributed by atoms with Gasteiger partial charge in [-0.25, -0.2) is 4.39 Å². The molecule has 0 saturated carbocycles. The predicted molar refractivity (Wildman–Crippen MR) is 102 cm³/mol. The Labute approximate surface area is 160 Å². The van der Waals surface area contributed by atoms with Crippen LogP contribution in [0.15, 0.2) is 24.3 Å². The third kappa shape index (κ3) is 5.06. The Balaban J connectivity index is 1.54. The third-order valence-electron chi connectivity index (χ3n) is 5.79. The lowest BCUT2D eigenvalue weighted by molar-refractivity contribution is -0.139. The molecule has 5 nitrogen and oxygen atoms in total. The maximum Gasteiger partial charge on any atom is 0.224 e. The Morgan fingerprint density at radius 3 is 2.74 bits per heavy atom. The average molecular weight is 375 g/mol. The van der Waals surface area contributed by atoms with Gasteiger partial charge in [-0.1, -0.05) is 12.1 Å². The Kier molecular flexibility index (Phi) is 6.15. The fraction of sp³-hybridized carbons (Fsp3) is 0.619. The van der Waals surface area contributed by atoms with E-state index in [1.807, 2.05) is 0 Å². The van der Waals surface area contributed by atoms with Crippen molar-refractivity contribution in [3.63, 3.8) is 0 Å². The molecule has 1 N–H and O–H groups in total. The van der Waals surface area contributed by atoms with Crippen LogP contribution in [0.2, 0.25) is 0 Å². The molecule has 2 saturated heterocycles. The lowest BCUT2D eigenvalue weighted by Crippen LogP contribution is -2.53. The number of piperidine rings is 1. The van der Waals surface area contributed by atoms with Crippen molar-refractivity contribution < 1.29 is 14.0 Å². The van der Waals surface area contributed by atoms with E-state index in [1.165, 1.54) is 25.0 Å². The number of likely N-dealkylation sites (tertiary alicyclic amines) is 2. The molecule has 2 fully saturated rings. The van der Waals surface area contributed by atoms with E-state index in [1.54, 1.807) is 17.0 Å². The molecule has 2 amide bonds. The van der Waals surface area contributed by atoms with Crippen molar-refractivity contribution in [3.05, 3.63) is 35.6 Å². The topological polar surface area (TPSA) is 52.7 Å². The second kappa shape index (κ2) is 8.38. The molecule has 2 heterocycles. The van der Waals surface area contributed by atoms with Gasteiger partial charge in [0.05, 0.1) is 5.92 Å². The molecule has 6 heteroatoms. The second-order valence-electron chi connectivity index (χ2n) is 8.36. The molecule has 2 aliphatic rings. The lowest BCUT2D eigenvalue weighted by atomic mass is 9.95. The highest BCUT2D eigenvalue weighted by Gasteiger charge is 2.33. The van der Waals surface area contributed by atoms with Crippen molar-refractivity contribution in [3.8, 4) is 0 Å². The van der Waals surface area contributed by atoms with Crippen LogP contribution in [-0.2, 0) is 16.1 Å². The third-order valence-corrected chi connectivity index (χ3v) is 5.79. The minimum Gasteiger partial charge on any atom is -0.354 e. The van der Waals surface area contributed by atoms with Gasteiger partial charge in [-0.15, -0.1) is 0 Å². The molecule has 1 aromatic carbocycles. The smallest absolute Gasteiger partial charge is 0.224 e. The van der Waals surface area contributed by atoms with Crippen molar-refractivity contribution in [1.82, 2.24) is 15.1 Å². The highest BCUT2D eigenvalue weighted by Crippen LogP contribution is 2.22. The summed E-state index contributed by atoms with van der Waals surface area (Å²) >= 11 is 0. The van der Waals surface area contributed by atoms with E-state index in [2.05, 4.69) is 24.1 Å². The normalized spacial score (nSPS) is 21.5. The number of hydrogen-bond acceptors (Lipinski definition) is 3. The summed E-state index contributed by atoms with van der Waals surface area (Å²) in [6, 6.07) is 6.28. The first-order chi connectivity index (χ1) is 12.8. The number of halogens is 1. The van der Waals surface area contributed by atoms with Gasteiger partial charge in [-0.05, 0) is 63.9 Å². The standard InChI is InChI=1S/C21H30FN3O2/c1-21(2,25-10-3-4-11-25)15-23-20(27)17-8-9-19(26)24(14-17)13-16-6-5-7-18(22)12-16/h5-7,12,17H,3-4,8-11,13-15H2,1-2H3,(H,23,27)/t17-/m0/s1. The molecule has 0 unspecified atom stereocenters. The molecule has 1 aromatic rings. The minimum absolute atomic E-state index is 0.0130. The number of hydrogen-bond donors (Lipinski definition) is 1. The molecular weight excluding hydrogens is 345 g/mol. The van der Waals surface area contributed by atoms with Crippen LogP contribution in [-0.4, -0.2) is 53.3 Å². The van der Waals surface area contributed by atoms with Crippen LogP contribution in [0.4, 0.5) is 4.39 Å². The van der Waals surface area contributed by atoms with Crippen molar-refractivity contribution in [2.75, 3.05) is 26.2 Å². The fourth-order valence-electron chi connectivity index (χ4n) is 4.02. The Hall–Kier alpha value is -1.95. The summed E-state index contributed by atoms with van der Waals surface area (Å²) in [4.78, 5) is 29.0. The van der Waals surface area contributed by atoms with E-state index < -0.39 is 0 Å². The van der Waals surface area contributed by atoms with Gasteiger partial charge in [-0.2, -0.15) is 0 Å². The van der Waals surface area contributed by atoms with Gasteiger partial charge in [0.1, 0.15) is 5.82 Å². The monoisotopic (exact) mass is 375 g/mol. The van der Waals surface area contributed by atoms with Crippen molar-refractivity contribution in [2.24, 2.45) is 5.92 Å². The zero-order valence-electron chi connectivity index (χ0n) is 16.3. The summed E-state index contributed by atoms with van der Waals surface area (Å²) in [6.07, 6.45) is 3.38. The summed E-state index contributed by atoms with van der Waals surface area (Å²) in [5, 5.41) is 3.10. The van der Waals surface area contributed by atoms with E-state index in [0.717, 1.165) is 18.7 Å². The van der Waals surface area contributed by atoms with Gasteiger partial charge in [0.25, 0.3) is 0 Å². The molecule has 148 valence electrons. The molecular formula is C21H30FN3O2. The fourth-order valence-corrected chi connectivity index (χ4v) is 4.02. The predicted octanol–water partition coefficient (Wildman–Crippen LogP) is 2.55. The van der Waals surface area contributed by atoms with Gasteiger partial charge in [0.15, 0.2) is 0 Å². The first-order valence-electron chi connectivity index (χ1n) is 9.90. The maximum absolute atomic E-state index is 13.4. The first-order valence-corrected chi connectivity index (χ1v) is 9.90. The van der Waals surface area contributed by atoms with Crippen LogP contribution in [0, 0.1) is 11.7 Å². The Morgan fingerprint density at radius 2 is 2.04 bits per heavy atom. The number of rotatable bonds is 6. The highest BCUT2D eigenvalue weighted by atomic mass is 19.1. The molecule has 2 aliphatic heterocycles. The zero-order chi connectivity index (χ0) is 19.4. The molecule has 0 bridgehead atoms. The van der Waals surface area contributed by atoms with Gasteiger partial charge in [0, 0.05) is 31.6 Å². The molecule has 27 heavy (non-hydrogen) atoms. The lowest BCUT2D eigenvalue weighted by Gasteiger charge is -2.37. The zero-order valence-corrected chi connectivity index (χ0v) is 16.3. The van der Waals surface area contributed by atoms with Crippen LogP contribution in [0.5, 0.6) is 0 Å². The van der Waals surface area contributed by atoms with Crippen molar-refractivity contribution in [1.29, 1.82) is 0 Å². The molecule has 1 atom stereocenters. The number of carbonyl (C=O) groups excluding carboxylic acids is 2. The van der Waals surface area contributed by atoms with Gasteiger partial charge in [-0.3, -0.25) is 14.5 Å². The van der Waals surface area contributed by atoms with E-state index >= 15 is 0 Å². The first kappa shape index (κ1) is 19.8. The summed E-state index contributed by atoms with van der Waals surface area (Å²) < 4.78 is 13.4. The van der Waals surface area contributed by atoms with Crippen LogP contribution >= 0.6 is 0 Å². The van der Waals surface area contributed by atoms with Gasteiger partial charge < -0.3 is 10.2 Å². The Morgan fingerprint density at radius 1 is 1.30 bits per heavy atom. The second-order valence-corrected chi connectivity index (χ2v) is 8.36. The maximum atomic E-state index is 13.4.